The molecule has 1 aromatic carbocycles. The number of nitrogens with two attached hydrogens (primary N) is 1. The largest absolute Gasteiger partial charge is 0.481 e. The van der Waals surface area contributed by atoms with Crippen LogP contribution in [0.5, 0.6) is 0 Å². The normalized spacial score (nSPS) is 16.2. The van der Waals surface area contributed by atoms with E-state index in [4.69, 9.17) is 10.8 Å². The maximum atomic E-state index is 10.6. The second-order valence-corrected chi connectivity index (χ2v) is 4.01. The summed E-state index contributed by atoms with van der Waals surface area (Å²) in [5.41, 5.74) is 7.67. The van der Waals surface area contributed by atoms with E-state index in [2.05, 4.69) is 4.99 Å². The average molecular weight is 233 g/mol. The molecule has 5 nitrogen and oxygen atoms in total. The maximum Gasteiger partial charge on any atom is 0.305 e. The van der Waals surface area contributed by atoms with Crippen LogP contribution in [0, 0.1) is 0 Å². The molecule has 1 aliphatic rings. The van der Waals surface area contributed by atoms with E-state index in [0.29, 0.717) is 0 Å². The zero-order valence-corrected chi connectivity index (χ0v) is 9.41. The molecule has 1 aliphatic heterocycles. The Bertz CT molecular complexity index is 428. The fourth-order valence-corrected chi connectivity index (χ4v) is 1.79. The van der Waals surface area contributed by atoms with Gasteiger partial charge in [-0.05, 0) is 17.7 Å². The summed E-state index contributed by atoms with van der Waals surface area (Å²) >= 11 is 0. The Morgan fingerprint density at radius 1 is 1.47 bits per heavy atom. The smallest absolute Gasteiger partial charge is 0.305 e. The Labute approximate surface area is 99.6 Å². The molecule has 0 saturated heterocycles. The van der Waals surface area contributed by atoms with Crippen LogP contribution >= 0.6 is 0 Å². The van der Waals surface area contributed by atoms with Crippen molar-refractivity contribution in [1.29, 1.82) is 0 Å². The molecule has 90 valence electrons. The summed E-state index contributed by atoms with van der Waals surface area (Å²) in [5, 5.41) is 8.67. The minimum absolute atomic E-state index is 0.0511. The molecule has 1 aromatic rings. The number of carboxylic acids is 1. The van der Waals surface area contributed by atoms with E-state index in [9.17, 15) is 4.79 Å². The number of anilines is 1. The van der Waals surface area contributed by atoms with Crippen LogP contribution in [0.3, 0.4) is 0 Å². The number of rotatable bonds is 4. The minimum atomic E-state index is -0.881. The first-order valence-corrected chi connectivity index (χ1v) is 5.51. The summed E-state index contributed by atoms with van der Waals surface area (Å²) in [4.78, 5) is 16.7. The topological polar surface area (TPSA) is 78.9 Å². The van der Waals surface area contributed by atoms with E-state index in [1.54, 1.807) is 0 Å². The van der Waals surface area contributed by atoms with Gasteiger partial charge in [0, 0.05) is 18.3 Å². The first kappa shape index (κ1) is 11.6. The van der Waals surface area contributed by atoms with Gasteiger partial charge in [-0.25, -0.2) is 0 Å². The average Bonchev–Trinajstić information content (AvgIpc) is 2.82. The van der Waals surface area contributed by atoms with Crippen LogP contribution in [-0.4, -0.2) is 30.5 Å². The quantitative estimate of drug-likeness (QED) is 0.813. The van der Waals surface area contributed by atoms with Crippen molar-refractivity contribution in [3.05, 3.63) is 29.8 Å². The van der Waals surface area contributed by atoms with Crippen LogP contribution in [0.25, 0.3) is 0 Å². The standard InChI is InChI=1S/C12H15N3O2/c13-11(7-12(16)17)9-1-3-10(4-2-9)15-6-5-14-8-15/h1-4,8,11H,5-7,13H2,(H,16,17). The number of aliphatic imine (C=N–C) groups is 1. The molecule has 0 aromatic heterocycles. The van der Waals surface area contributed by atoms with Crippen molar-refractivity contribution in [1.82, 2.24) is 0 Å². The van der Waals surface area contributed by atoms with Crippen molar-refractivity contribution in [2.45, 2.75) is 12.5 Å². The Balaban J connectivity index is 2.07. The van der Waals surface area contributed by atoms with Gasteiger partial charge in [-0.15, -0.1) is 0 Å². The molecule has 0 saturated carbocycles. The van der Waals surface area contributed by atoms with Gasteiger partial charge < -0.3 is 15.7 Å². The molecule has 3 N–H and O–H groups in total. The van der Waals surface area contributed by atoms with Crippen molar-refractivity contribution in [2.24, 2.45) is 10.7 Å². The number of carbonyl (C=O) groups is 1. The molecule has 0 aliphatic carbocycles. The summed E-state index contributed by atoms with van der Waals surface area (Å²) in [6, 6.07) is 7.17. The highest BCUT2D eigenvalue weighted by Gasteiger charge is 2.12. The highest BCUT2D eigenvalue weighted by Crippen LogP contribution is 2.20. The minimum Gasteiger partial charge on any atom is -0.481 e. The number of hydrogen-bond acceptors (Lipinski definition) is 4. The van der Waals surface area contributed by atoms with Crippen LogP contribution in [0.4, 0.5) is 5.69 Å². The summed E-state index contributed by atoms with van der Waals surface area (Å²) < 4.78 is 0. The Morgan fingerprint density at radius 2 is 2.18 bits per heavy atom. The Hall–Kier alpha value is -1.88. The Kier molecular flexibility index (Phi) is 3.39. The van der Waals surface area contributed by atoms with Crippen molar-refractivity contribution < 1.29 is 9.90 Å². The molecule has 17 heavy (non-hydrogen) atoms. The van der Waals surface area contributed by atoms with Gasteiger partial charge in [0.05, 0.1) is 19.3 Å². The monoisotopic (exact) mass is 233 g/mol. The first-order chi connectivity index (χ1) is 8.16. The van der Waals surface area contributed by atoms with Crippen molar-refractivity contribution in [3.8, 4) is 0 Å². The Morgan fingerprint density at radius 3 is 2.71 bits per heavy atom. The van der Waals surface area contributed by atoms with E-state index in [-0.39, 0.29) is 6.42 Å². The number of benzene rings is 1. The number of carboxylic acid groups (broad SMARTS) is 1. The van der Waals surface area contributed by atoms with Gasteiger partial charge in [0.15, 0.2) is 0 Å². The second-order valence-electron chi connectivity index (χ2n) is 4.01. The number of hydrogen-bond donors (Lipinski definition) is 2. The van der Waals surface area contributed by atoms with Crippen LogP contribution in [0.2, 0.25) is 0 Å². The van der Waals surface area contributed by atoms with Gasteiger partial charge in [0.25, 0.3) is 0 Å². The van der Waals surface area contributed by atoms with E-state index in [1.165, 1.54) is 0 Å². The highest BCUT2D eigenvalue weighted by molar-refractivity contribution is 5.80. The molecule has 2 rings (SSSR count). The summed E-state index contributed by atoms with van der Waals surface area (Å²) in [6.45, 7) is 1.71. The fourth-order valence-electron chi connectivity index (χ4n) is 1.79. The predicted octanol–water partition coefficient (Wildman–Crippen LogP) is 1.01. The predicted molar refractivity (Wildman–Crippen MR) is 66.3 cm³/mol. The van der Waals surface area contributed by atoms with Gasteiger partial charge in [0.2, 0.25) is 0 Å². The van der Waals surface area contributed by atoms with Crippen LogP contribution in [-0.2, 0) is 4.79 Å². The van der Waals surface area contributed by atoms with Gasteiger partial charge in [-0.1, -0.05) is 12.1 Å². The van der Waals surface area contributed by atoms with E-state index in [1.807, 2.05) is 35.5 Å². The van der Waals surface area contributed by atoms with Crippen molar-refractivity contribution in [3.63, 3.8) is 0 Å². The first-order valence-electron chi connectivity index (χ1n) is 5.51. The highest BCUT2D eigenvalue weighted by atomic mass is 16.4. The zero-order chi connectivity index (χ0) is 12.3. The molecule has 1 unspecified atom stereocenters. The van der Waals surface area contributed by atoms with E-state index < -0.39 is 12.0 Å². The molecule has 5 heteroatoms. The molecule has 0 fully saturated rings. The van der Waals surface area contributed by atoms with Crippen LogP contribution in [0.15, 0.2) is 29.3 Å². The fraction of sp³-hybridized carbons (Fsp3) is 0.333. The molecule has 1 atom stereocenters. The number of aliphatic carboxylic acids is 1. The van der Waals surface area contributed by atoms with Crippen molar-refractivity contribution in [2.75, 3.05) is 18.0 Å². The van der Waals surface area contributed by atoms with E-state index in [0.717, 1.165) is 24.3 Å². The van der Waals surface area contributed by atoms with Gasteiger partial charge >= 0.3 is 5.97 Å². The third-order valence-electron chi connectivity index (χ3n) is 2.74. The lowest BCUT2D eigenvalue weighted by molar-refractivity contribution is -0.137. The molecule has 0 bridgehead atoms. The molecule has 0 amide bonds. The van der Waals surface area contributed by atoms with Gasteiger partial charge in [-0.2, -0.15) is 0 Å². The lowest BCUT2D eigenvalue weighted by atomic mass is 10.0. The zero-order valence-electron chi connectivity index (χ0n) is 9.41. The second kappa shape index (κ2) is 4.97. The molecular weight excluding hydrogens is 218 g/mol. The third-order valence-corrected chi connectivity index (χ3v) is 2.74. The molecule has 1 heterocycles. The van der Waals surface area contributed by atoms with Crippen LogP contribution in [0.1, 0.15) is 18.0 Å². The van der Waals surface area contributed by atoms with E-state index >= 15 is 0 Å². The molecular formula is C12H15N3O2. The maximum absolute atomic E-state index is 10.6. The van der Waals surface area contributed by atoms with Crippen molar-refractivity contribution >= 4 is 18.0 Å². The summed E-state index contributed by atoms with van der Waals surface area (Å²) in [7, 11) is 0. The SMILES string of the molecule is NC(CC(=O)O)c1ccc(N2C=NCC2)cc1. The lowest BCUT2D eigenvalue weighted by Gasteiger charge is -2.15. The van der Waals surface area contributed by atoms with Crippen LogP contribution < -0.4 is 10.6 Å². The number of nitrogens with zero attached hydrogens (tertiary/aromatic N) is 2. The lowest BCUT2D eigenvalue weighted by Crippen LogP contribution is -2.18. The van der Waals surface area contributed by atoms with Gasteiger partial charge in [-0.3, -0.25) is 9.79 Å². The molecule has 0 spiro atoms. The summed E-state index contributed by atoms with van der Waals surface area (Å²) in [5.74, 6) is -0.881. The molecule has 0 radical (unpaired) electrons. The van der Waals surface area contributed by atoms with Gasteiger partial charge in [0.1, 0.15) is 0 Å². The third kappa shape index (κ3) is 2.82. The summed E-state index contributed by atoms with van der Waals surface area (Å²) in [6.07, 6.45) is 1.76.